The molecule has 1 aliphatic heterocycles. The van der Waals surface area contributed by atoms with Crippen LogP contribution in [0.25, 0.3) is 22.1 Å². The molecule has 0 aliphatic carbocycles. The van der Waals surface area contributed by atoms with Crippen LogP contribution in [0.1, 0.15) is 0 Å². The van der Waals surface area contributed by atoms with Crippen molar-refractivity contribution < 1.29 is 49.0 Å². The van der Waals surface area contributed by atoms with E-state index in [1.54, 1.807) is 0 Å². The summed E-state index contributed by atoms with van der Waals surface area (Å²) in [5.74, 6) is -1.47. The summed E-state index contributed by atoms with van der Waals surface area (Å²) in [6.07, 6.45) is -6.96. The van der Waals surface area contributed by atoms with Crippen molar-refractivity contribution in [1.82, 2.24) is 0 Å². The highest BCUT2D eigenvalue weighted by Crippen LogP contribution is 2.31. The second kappa shape index (κ2) is 8.71. The lowest BCUT2D eigenvalue weighted by atomic mass is 9.99. The van der Waals surface area contributed by atoms with Gasteiger partial charge in [0.05, 0.1) is 12.7 Å². The van der Waals surface area contributed by atoms with E-state index in [-0.39, 0.29) is 28.0 Å². The largest absolute Gasteiger partial charge is 0.508 e. The molecule has 0 bridgehead atoms. The molecule has 0 radical (unpaired) electrons. The molecule has 0 spiro atoms. The molecule has 174 valence electrons. The first-order valence-electron chi connectivity index (χ1n) is 9.73. The summed E-state index contributed by atoms with van der Waals surface area (Å²) in [5.41, 5.74) is 0.0452. The van der Waals surface area contributed by atoms with Crippen molar-refractivity contribution in [2.24, 2.45) is 0 Å². The Kier molecular flexibility index (Phi) is 5.95. The van der Waals surface area contributed by atoms with Crippen LogP contribution < -0.4 is 10.2 Å². The lowest BCUT2D eigenvalue weighted by Crippen LogP contribution is -2.61. The lowest BCUT2D eigenvalue weighted by Gasteiger charge is -2.38. The zero-order valence-corrected chi connectivity index (χ0v) is 17.1. The number of phenolic OH excluding ortho intramolecular Hbond substituents is 2. The maximum atomic E-state index is 12.8. The van der Waals surface area contributed by atoms with Gasteiger partial charge in [-0.1, -0.05) is 12.1 Å². The first kappa shape index (κ1) is 22.6. The third-order valence-corrected chi connectivity index (χ3v) is 5.26. The Hall–Kier alpha value is -3.64. The van der Waals surface area contributed by atoms with Gasteiger partial charge < -0.3 is 44.2 Å². The summed E-state index contributed by atoms with van der Waals surface area (Å²) in [6.45, 7) is 0. The van der Waals surface area contributed by atoms with E-state index in [1.165, 1.54) is 36.6 Å². The summed E-state index contributed by atoms with van der Waals surface area (Å²) >= 11 is 0. The van der Waals surface area contributed by atoms with Crippen molar-refractivity contribution in [2.45, 2.75) is 30.7 Å². The molecule has 0 saturated carbocycles. The van der Waals surface area contributed by atoms with Gasteiger partial charge in [0.15, 0.2) is 6.10 Å². The van der Waals surface area contributed by atoms with Crippen LogP contribution in [-0.2, 0) is 14.3 Å². The average molecular weight is 460 g/mol. The van der Waals surface area contributed by atoms with Crippen molar-refractivity contribution in [3.05, 3.63) is 52.9 Å². The van der Waals surface area contributed by atoms with E-state index in [9.17, 15) is 35.1 Å². The number of benzene rings is 2. The summed E-state index contributed by atoms with van der Waals surface area (Å²) in [5, 5.41) is 49.6. The number of carbonyl (C=O) groups excluding carboxylic acids is 1. The van der Waals surface area contributed by atoms with Gasteiger partial charge in [0.1, 0.15) is 52.8 Å². The number of ether oxygens (including phenoxy) is 3. The van der Waals surface area contributed by atoms with Gasteiger partial charge in [0, 0.05) is 12.1 Å². The topological polar surface area (TPSA) is 176 Å². The minimum Gasteiger partial charge on any atom is -0.508 e. The number of aromatic hydroxyl groups is 2. The van der Waals surface area contributed by atoms with Crippen LogP contribution in [0.15, 0.2) is 51.9 Å². The van der Waals surface area contributed by atoms with Crippen molar-refractivity contribution in [3.63, 3.8) is 0 Å². The van der Waals surface area contributed by atoms with Gasteiger partial charge in [0.2, 0.25) is 11.7 Å². The Balaban J connectivity index is 1.58. The molecule has 5 N–H and O–H groups in total. The normalized spacial score (nSPS) is 25.0. The molecule has 0 unspecified atom stereocenters. The number of hydrogen-bond donors (Lipinski definition) is 5. The molecular formula is C22H20O11. The van der Waals surface area contributed by atoms with Crippen LogP contribution in [0, 0.1) is 0 Å². The van der Waals surface area contributed by atoms with E-state index in [1.807, 2.05) is 0 Å². The third kappa shape index (κ3) is 4.10. The molecule has 5 atom stereocenters. The smallest absolute Gasteiger partial charge is 0.337 e. The van der Waals surface area contributed by atoms with Crippen LogP contribution in [-0.4, -0.2) is 69.3 Å². The minimum atomic E-state index is -1.72. The van der Waals surface area contributed by atoms with Gasteiger partial charge in [-0.05, 0) is 17.7 Å². The number of esters is 1. The summed E-state index contributed by atoms with van der Waals surface area (Å²) in [4.78, 5) is 24.6. The fraction of sp³-hybridized carbons (Fsp3) is 0.273. The highest BCUT2D eigenvalue weighted by Gasteiger charge is 2.48. The standard InChI is InChI=1S/C22H20O11/c1-30-21(29)20-18(27)17(26)19(28)22(33-20)32-11-4-2-9(3-5-11)12-8-31-14-7-10(23)6-13(24)15(14)16(12)25/h2-8,17-20,22-24,26-28H,1H3/t17-,18-,19+,20-,22+/m0/s1. The predicted molar refractivity (Wildman–Crippen MR) is 111 cm³/mol. The third-order valence-electron chi connectivity index (χ3n) is 5.26. The Morgan fingerprint density at radius 2 is 1.70 bits per heavy atom. The molecule has 1 aliphatic rings. The van der Waals surface area contributed by atoms with E-state index in [2.05, 4.69) is 4.74 Å². The molecule has 33 heavy (non-hydrogen) atoms. The van der Waals surface area contributed by atoms with Gasteiger partial charge >= 0.3 is 5.97 Å². The van der Waals surface area contributed by atoms with E-state index < -0.39 is 47.9 Å². The van der Waals surface area contributed by atoms with Crippen LogP contribution in [0.4, 0.5) is 0 Å². The van der Waals surface area contributed by atoms with Crippen molar-refractivity contribution >= 4 is 16.9 Å². The van der Waals surface area contributed by atoms with Crippen LogP contribution in [0.3, 0.4) is 0 Å². The van der Waals surface area contributed by atoms with Crippen LogP contribution in [0.2, 0.25) is 0 Å². The number of hydrogen-bond acceptors (Lipinski definition) is 11. The first-order valence-corrected chi connectivity index (χ1v) is 9.73. The van der Waals surface area contributed by atoms with Crippen molar-refractivity contribution in [3.8, 4) is 28.4 Å². The second-order valence-electron chi connectivity index (χ2n) is 7.38. The van der Waals surface area contributed by atoms with Crippen LogP contribution in [0.5, 0.6) is 17.2 Å². The molecule has 4 rings (SSSR count). The fourth-order valence-corrected chi connectivity index (χ4v) is 3.52. The molecule has 11 nitrogen and oxygen atoms in total. The van der Waals surface area contributed by atoms with Gasteiger partial charge in [0.25, 0.3) is 0 Å². The SMILES string of the molecule is COC(=O)[C@H]1O[C@@H](Oc2ccc(-c3coc4cc(O)cc(O)c4c3=O)cc2)[C@H](O)[C@@H](O)[C@@H]1O. The number of aliphatic hydroxyl groups is 3. The summed E-state index contributed by atoms with van der Waals surface area (Å²) in [7, 11) is 1.08. The summed E-state index contributed by atoms with van der Waals surface area (Å²) in [6, 6.07) is 8.13. The number of aliphatic hydroxyl groups excluding tert-OH is 3. The quantitative estimate of drug-likeness (QED) is 0.337. The fourth-order valence-electron chi connectivity index (χ4n) is 3.52. The molecule has 3 aromatic rings. The molecular weight excluding hydrogens is 440 g/mol. The van der Waals surface area contributed by atoms with E-state index >= 15 is 0 Å². The average Bonchev–Trinajstić information content (AvgIpc) is 2.79. The molecule has 0 amide bonds. The molecule has 11 heteroatoms. The lowest BCUT2D eigenvalue weighted by molar-refractivity contribution is -0.271. The number of phenols is 2. The number of fused-ring (bicyclic) bond motifs is 1. The molecule has 2 heterocycles. The maximum Gasteiger partial charge on any atom is 0.337 e. The zero-order valence-electron chi connectivity index (χ0n) is 17.1. The molecule has 1 saturated heterocycles. The van der Waals surface area contributed by atoms with Crippen molar-refractivity contribution in [2.75, 3.05) is 7.11 Å². The second-order valence-corrected chi connectivity index (χ2v) is 7.38. The first-order chi connectivity index (χ1) is 15.7. The van der Waals surface area contributed by atoms with Crippen LogP contribution >= 0.6 is 0 Å². The Morgan fingerprint density at radius 1 is 1.00 bits per heavy atom. The number of methoxy groups -OCH3 is 1. The minimum absolute atomic E-state index is 0.0190. The summed E-state index contributed by atoms with van der Waals surface area (Å²) < 4.78 is 20.7. The highest BCUT2D eigenvalue weighted by atomic mass is 16.7. The highest BCUT2D eigenvalue weighted by molar-refractivity contribution is 5.88. The molecule has 1 aromatic heterocycles. The van der Waals surface area contributed by atoms with E-state index in [0.29, 0.717) is 5.56 Å². The number of carbonyl (C=O) groups is 1. The van der Waals surface area contributed by atoms with E-state index in [0.717, 1.165) is 13.2 Å². The van der Waals surface area contributed by atoms with Gasteiger partial charge in [-0.25, -0.2) is 4.79 Å². The van der Waals surface area contributed by atoms with Gasteiger partial charge in [-0.2, -0.15) is 0 Å². The molecule has 1 fully saturated rings. The molecule has 2 aromatic carbocycles. The van der Waals surface area contributed by atoms with Gasteiger partial charge in [-0.15, -0.1) is 0 Å². The Bertz CT molecular complexity index is 1230. The predicted octanol–water partition coefficient (Wildman–Crippen LogP) is 0.231. The Morgan fingerprint density at radius 3 is 2.36 bits per heavy atom. The zero-order chi connectivity index (χ0) is 23.9. The van der Waals surface area contributed by atoms with E-state index in [4.69, 9.17) is 13.9 Å². The Labute approximate surface area is 185 Å². The van der Waals surface area contributed by atoms with Gasteiger partial charge in [-0.3, -0.25) is 4.79 Å². The van der Waals surface area contributed by atoms with Crippen molar-refractivity contribution in [1.29, 1.82) is 0 Å². The number of rotatable bonds is 4. The maximum absolute atomic E-state index is 12.8. The monoisotopic (exact) mass is 460 g/mol.